The number of carbonyl (C=O) groups excluding carboxylic acids is 1. The van der Waals surface area contributed by atoms with Crippen molar-refractivity contribution in [3.63, 3.8) is 0 Å². The maximum atomic E-state index is 12.6. The van der Waals surface area contributed by atoms with E-state index in [-0.39, 0.29) is 31.0 Å². The Morgan fingerprint density at radius 1 is 1.32 bits per heavy atom. The molecule has 1 unspecified atom stereocenters. The molecule has 1 aromatic heterocycles. The molecule has 2 N–H and O–H groups in total. The summed E-state index contributed by atoms with van der Waals surface area (Å²) in [7, 11) is 0. The van der Waals surface area contributed by atoms with E-state index in [9.17, 15) is 31.1 Å². The number of carbonyl (C=O) groups is 1. The highest BCUT2D eigenvalue weighted by Crippen LogP contribution is 2.34. The van der Waals surface area contributed by atoms with Gasteiger partial charge in [-0.15, -0.1) is 0 Å². The number of halogens is 6. The van der Waals surface area contributed by atoms with Crippen LogP contribution in [0.1, 0.15) is 30.8 Å². The molecule has 3 rings (SSSR count). The van der Waals surface area contributed by atoms with Gasteiger partial charge in [0.25, 0.3) is 5.91 Å². The van der Waals surface area contributed by atoms with E-state index < -0.39 is 36.1 Å². The molecule has 0 saturated carbocycles. The molecule has 1 saturated heterocycles. The van der Waals surface area contributed by atoms with Gasteiger partial charge >= 0.3 is 12.4 Å². The van der Waals surface area contributed by atoms with Crippen molar-refractivity contribution in [2.45, 2.75) is 43.8 Å². The normalized spacial score (nSPS) is 23.6. The average molecular weight is 413 g/mol. The van der Waals surface area contributed by atoms with Gasteiger partial charge in [-0.3, -0.25) is 9.69 Å². The van der Waals surface area contributed by atoms with Crippen molar-refractivity contribution >= 4 is 11.6 Å². The van der Waals surface area contributed by atoms with Crippen LogP contribution >= 0.6 is 0 Å². The Kier molecular flexibility index (Phi) is 5.30. The van der Waals surface area contributed by atoms with Crippen molar-refractivity contribution in [1.82, 2.24) is 20.2 Å². The maximum Gasteiger partial charge on any atom is 0.432 e. The van der Waals surface area contributed by atoms with Gasteiger partial charge in [-0.1, -0.05) is 5.16 Å². The van der Waals surface area contributed by atoms with Gasteiger partial charge in [-0.05, 0) is 19.4 Å². The second-order valence-electron chi connectivity index (χ2n) is 6.84. The van der Waals surface area contributed by atoms with Gasteiger partial charge in [0.05, 0.1) is 12.7 Å². The number of aromatic amines is 1. The molecule has 2 aliphatic heterocycles. The highest BCUT2D eigenvalue weighted by atomic mass is 19.4. The fourth-order valence-corrected chi connectivity index (χ4v) is 3.27. The minimum absolute atomic E-state index is 0.0269. The molecule has 0 aliphatic carbocycles. The lowest BCUT2D eigenvalue weighted by Crippen LogP contribution is -2.49. The lowest BCUT2D eigenvalue weighted by atomic mass is 9.88. The summed E-state index contributed by atoms with van der Waals surface area (Å²) < 4.78 is 74.6. The number of nitrogens with one attached hydrogen (secondary N) is 2. The van der Waals surface area contributed by atoms with Gasteiger partial charge in [-0.2, -0.15) is 26.3 Å². The number of H-pyrrole nitrogens is 1. The largest absolute Gasteiger partial charge is 0.432 e. The van der Waals surface area contributed by atoms with Gasteiger partial charge in [0, 0.05) is 13.0 Å². The van der Waals surface area contributed by atoms with Crippen molar-refractivity contribution < 1.29 is 36.0 Å². The van der Waals surface area contributed by atoms with Crippen LogP contribution in [0.4, 0.5) is 26.3 Å². The number of rotatable bonds is 4. The number of imidazole rings is 1. The molecular weight excluding hydrogens is 396 g/mol. The maximum absolute atomic E-state index is 12.6. The summed E-state index contributed by atoms with van der Waals surface area (Å²) >= 11 is 0. The number of nitrogens with zero attached hydrogens (tertiary/aromatic N) is 3. The molecule has 28 heavy (non-hydrogen) atoms. The van der Waals surface area contributed by atoms with Crippen LogP contribution in [-0.2, 0) is 22.4 Å². The Morgan fingerprint density at radius 2 is 2.07 bits per heavy atom. The van der Waals surface area contributed by atoms with E-state index in [1.54, 1.807) is 10.2 Å². The van der Waals surface area contributed by atoms with E-state index in [0.717, 1.165) is 0 Å². The molecule has 156 valence electrons. The predicted molar refractivity (Wildman–Crippen MR) is 83.0 cm³/mol. The van der Waals surface area contributed by atoms with Crippen LogP contribution in [0.15, 0.2) is 11.4 Å². The Labute approximate surface area is 155 Å². The highest BCUT2D eigenvalue weighted by Gasteiger charge is 2.45. The number of oxime groups is 1. The lowest BCUT2D eigenvalue weighted by molar-refractivity contribution is -0.141. The third-order valence-corrected chi connectivity index (χ3v) is 4.48. The van der Waals surface area contributed by atoms with Crippen LogP contribution in [0.2, 0.25) is 0 Å². The van der Waals surface area contributed by atoms with Crippen molar-refractivity contribution in [3.05, 3.63) is 17.7 Å². The summed E-state index contributed by atoms with van der Waals surface area (Å²) in [5, 5.41) is 5.37. The zero-order chi connectivity index (χ0) is 20.6. The zero-order valence-corrected chi connectivity index (χ0v) is 14.5. The van der Waals surface area contributed by atoms with E-state index in [2.05, 4.69) is 15.1 Å². The molecule has 3 heterocycles. The molecule has 7 nitrogen and oxygen atoms in total. The van der Waals surface area contributed by atoms with E-state index in [0.29, 0.717) is 25.6 Å². The topological polar surface area (TPSA) is 82.6 Å². The van der Waals surface area contributed by atoms with Crippen molar-refractivity contribution in [2.75, 3.05) is 19.6 Å². The molecule has 0 aromatic carbocycles. The third-order valence-electron chi connectivity index (χ3n) is 4.48. The Morgan fingerprint density at radius 3 is 2.71 bits per heavy atom. The van der Waals surface area contributed by atoms with Gasteiger partial charge in [0.2, 0.25) is 0 Å². The minimum Gasteiger partial charge on any atom is -0.387 e. The van der Waals surface area contributed by atoms with Crippen LogP contribution in [0.25, 0.3) is 0 Å². The number of alkyl halides is 6. The van der Waals surface area contributed by atoms with Crippen LogP contribution in [0.5, 0.6) is 0 Å². The average Bonchev–Trinajstić information content (AvgIpc) is 3.20. The number of hydrogen-bond donors (Lipinski definition) is 2. The molecule has 0 radical (unpaired) electrons. The number of piperidine rings is 1. The second kappa shape index (κ2) is 7.26. The third kappa shape index (κ3) is 4.94. The quantitative estimate of drug-likeness (QED) is 0.742. The molecule has 1 spiro atoms. The summed E-state index contributed by atoms with van der Waals surface area (Å²) in [4.78, 5) is 24.9. The number of aromatic nitrogens is 2. The van der Waals surface area contributed by atoms with Gasteiger partial charge in [0.1, 0.15) is 23.8 Å². The number of hydrogen-bond acceptors (Lipinski definition) is 5. The molecule has 1 atom stereocenters. The smallest absolute Gasteiger partial charge is 0.387 e. The van der Waals surface area contributed by atoms with Gasteiger partial charge < -0.3 is 15.1 Å². The molecule has 1 fully saturated rings. The fourth-order valence-electron chi connectivity index (χ4n) is 3.27. The number of amides is 1. The van der Waals surface area contributed by atoms with Crippen LogP contribution < -0.4 is 5.32 Å². The lowest BCUT2D eigenvalue weighted by Gasteiger charge is -2.37. The Hall–Kier alpha value is -2.31. The molecule has 2 aliphatic rings. The Balaban J connectivity index is 1.57. The van der Waals surface area contributed by atoms with Gasteiger partial charge in [-0.25, -0.2) is 4.98 Å². The fraction of sp³-hybridized carbons (Fsp3) is 0.667. The summed E-state index contributed by atoms with van der Waals surface area (Å²) in [5.41, 5.74) is -1.97. The summed E-state index contributed by atoms with van der Waals surface area (Å²) in [5.74, 6) is -0.821. The first kappa shape index (κ1) is 20.4. The van der Waals surface area contributed by atoms with Crippen molar-refractivity contribution in [1.29, 1.82) is 0 Å². The van der Waals surface area contributed by atoms with E-state index >= 15 is 0 Å². The first-order valence-corrected chi connectivity index (χ1v) is 8.39. The highest BCUT2D eigenvalue weighted by molar-refractivity contribution is 6.39. The van der Waals surface area contributed by atoms with Crippen molar-refractivity contribution in [2.24, 2.45) is 5.16 Å². The first-order valence-electron chi connectivity index (χ1n) is 8.39. The summed E-state index contributed by atoms with van der Waals surface area (Å²) in [6.45, 7) is -0.530. The van der Waals surface area contributed by atoms with Crippen LogP contribution in [-0.4, -0.2) is 57.9 Å². The first-order chi connectivity index (χ1) is 13.0. The SMILES string of the molecule is O=C(NCC(F)(F)F)C1=NOC2(CCCN(Cc3ncc(C(F)(F)F)[nH]3)C2)C1. The summed E-state index contributed by atoms with van der Waals surface area (Å²) in [6, 6.07) is 0. The molecule has 1 aromatic rings. The number of likely N-dealkylation sites (tertiary alicyclic amines) is 1. The molecule has 13 heteroatoms. The Bertz CT molecular complexity index is 759. The standard InChI is InChI=1S/C15H17F6N5O2/c16-14(17,18)7-23-12(27)9-4-13(28-25-9)2-1-3-26(8-13)6-11-22-5-10(24-11)15(19,20)21/h5H,1-4,6-8H2,(H,22,24)(H,23,27). The second-order valence-corrected chi connectivity index (χ2v) is 6.84. The predicted octanol–water partition coefficient (Wildman–Crippen LogP) is 2.22. The molecular formula is C15H17F6N5O2. The minimum atomic E-state index is -4.53. The van der Waals surface area contributed by atoms with Gasteiger partial charge in [0.15, 0.2) is 5.60 Å². The van der Waals surface area contributed by atoms with Crippen LogP contribution in [0, 0.1) is 0 Å². The van der Waals surface area contributed by atoms with E-state index in [1.807, 2.05) is 0 Å². The molecule has 1 amide bonds. The zero-order valence-electron chi connectivity index (χ0n) is 14.5. The monoisotopic (exact) mass is 413 g/mol. The van der Waals surface area contributed by atoms with E-state index in [1.165, 1.54) is 0 Å². The molecule has 0 bridgehead atoms. The van der Waals surface area contributed by atoms with Crippen LogP contribution in [0.3, 0.4) is 0 Å². The van der Waals surface area contributed by atoms with E-state index in [4.69, 9.17) is 4.84 Å². The summed E-state index contributed by atoms with van der Waals surface area (Å²) in [6.07, 6.45) is -7.16. The van der Waals surface area contributed by atoms with Crippen molar-refractivity contribution in [3.8, 4) is 0 Å².